The number of nitrogens with one attached hydrogen (secondary N) is 1. The molecule has 0 aliphatic rings. The number of carbonyl (C=O) groups excluding carboxylic acids is 1. The summed E-state index contributed by atoms with van der Waals surface area (Å²) in [7, 11) is 5.41. The Morgan fingerprint density at radius 1 is 1.00 bits per heavy atom. The summed E-state index contributed by atoms with van der Waals surface area (Å²) in [6.07, 6.45) is 0. The van der Waals surface area contributed by atoms with E-state index in [9.17, 15) is 4.79 Å². The van der Waals surface area contributed by atoms with E-state index in [0.717, 1.165) is 23.8 Å². The first-order chi connectivity index (χ1) is 14.5. The molecule has 0 radical (unpaired) electrons. The second-order valence-electron chi connectivity index (χ2n) is 6.98. The number of likely N-dealkylation sites (N-methyl/N-ethyl adjacent to an activating group) is 2. The Bertz CT molecular complexity index is 815. The molecule has 0 aromatic heterocycles. The maximum absolute atomic E-state index is 11.7. The predicted molar refractivity (Wildman–Crippen MR) is 135 cm³/mol. The molecule has 0 atom stereocenters. The van der Waals surface area contributed by atoms with E-state index >= 15 is 0 Å². The molecular weight excluding hydrogens is 507 g/mol. The summed E-state index contributed by atoms with van der Waals surface area (Å²) in [5, 5.41) is 3.31. The fourth-order valence-electron chi connectivity index (χ4n) is 2.57. The maximum Gasteiger partial charge on any atom is 0.259 e. The zero-order chi connectivity index (χ0) is 21.8. The summed E-state index contributed by atoms with van der Waals surface area (Å²) in [4.78, 5) is 20.0. The lowest BCUT2D eigenvalue weighted by Gasteiger charge is -2.22. The zero-order valence-corrected chi connectivity index (χ0v) is 21.0. The summed E-state index contributed by atoms with van der Waals surface area (Å²) < 4.78 is 11.4. The minimum Gasteiger partial charge on any atom is -0.492 e. The van der Waals surface area contributed by atoms with Crippen molar-refractivity contribution in [3.63, 3.8) is 0 Å². The van der Waals surface area contributed by atoms with Crippen LogP contribution in [0.3, 0.4) is 0 Å². The molecule has 0 unspecified atom stereocenters. The Labute approximate surface area is 202 Å². The fourth-order valence-corrected chi connectivity index (χ4v) is 2.57. The highest BCUT2D eigenvalue weighted by atomic mass is 127. The third-order valence-corrected chi connectivity index (χ3v) is 4.31. The molecule has 170 valence electrons. The van der Waals surface area contributed by atoms with Crippen LogP contribution in [0.15, 0.2) is 59.6 Å². The quantitative estimate of drug-likeness (QED) is 0.285. The molecule has 1 amide bonds. The van der Waals surface area contributed by atoms with E-state index in [0.29, 0.717) is 25.4 Å². The maximum atomic E-state index is 11.7. The summed E-state index contributed by atoms with van der Waals surface area (Å²) >= 11 is 0. The van der Waals surface area contributed by atoms with Crippen LogP contribution in [0.2, 0.25) is 0 Å². The molecule has 0 saturated carbocycles. The highest BCUT2D eigenvalue weighted by Crippen LogP contribution is 2.14. The van der Waals surface area contributed by atoms with Gasteiger partial charge in [0.05, 0.1) is 13.1 Å². The Kier molecular flexibility index (Phi) is 12.4. The molecule has 0 heterocycles. The number of benzene rings is 2. The summed E-state index contributed by atoms with van der Waals surface area (Å²) in [5.41, 5.74) is 1.01. The molecular formula is C23H33IN4O3. The molecule has 0 fully saturated rings. The van der Waals surface area contributed by atoms with Crippen LogP contribution in [-0.2, 0) is 11.3 Å². The van der Waals surface area contributed by atoms with Gasteiger partial charge in [0.15, 0.2) is 12.6 Å². The number of ether oxygens (including phenoxy) is 2. The molecule has 0 aliphatic heterocycles. The van der Waals surface area contributed by atoms with Crippen molar-refractivity contribution in [1.29, 1.82) is 0 Å². The number of aliphatic imine (C=N–C) groups is 1. The molecule has 0 bridgehead atoms. The molecule has 31 heavy (non-hydrogen) atoms. The van der Waals surface area contributed by atoms with Crippen molar-refractivity contribution in [2.24, 2.45) is 4.99 Å². The van der Waals surface area contributed by atoms with Gasteiger partial charge in [-0.2, -0.15) is 0 Å². The van der Waals surface area contributed by atoms with Crippen molar-refractivity contribution in [1.82, 2.24) is 15.1 Å². The normalized spacial score (nSPS) is 10.6. The van der Waals surface area contributed by atoms with E-state index < -0.39 is 0 Å². The largest absolute Gasteiger partial charge is 0.492 e. The number of hydrogen-bond acceptors (Lipinski definition) is 4. The first-order valence-electron chi connectivity index (χ1n) is 10.1. The van der Waals surface area contributed by atoms with Gasteiger partial charge in [0.1, 0.15) is 18.1 Å². The molecule has 0 saturated heterocycles. The van der Waals surface area contributed by atoms with Crippen LogP contribution >= 0.6 is 24.0 Å². The first kappa shape index (κ1) is 26.5. The minimum absolute atomic E-state index is 0. The predicted octanol–water partition coefficient (Wildman–Crippen LogP) is 3.25. The van der Waals surface area contributed by atoms with Gasteiger partial charge < -0.3 is 24.6 Å². The van der Waals surface area contributed by atoms with Gasteiger partial charge in [-0.3, -0.25) is 4.79 Å². The molecule has 8 heteroatoms. The molecule has 2 rings (SSSR count). The Hall–Kier alpha value is -2.49. The van der Waals surface area contributed by atoms with Gasteiger partial charge in [0, 0.05) is 27.7 Å². The first-order valence-corrected chi connectivity index (χ1v) is 10.1. The second-order valence-corrected chi connectivity index (χ2v) is 6.98. The lowest BCUT2D eigenvalue weighted by Crippen LogP contribution is -2.40. The fraction of sp³-hybridized carbons (Fsp3) is 0.391. The molecule has 2 aromatic carbocycles. The van der Waals surface area contributed by atoms with E-state index in [1.54, 1.807) is 14.1 Å². The number of nitrogens with zero attached hydrogens (tertiary/aromatic N) is 3. The van der Waals surface area contributed by atoms with Crippen molar-refractivity contribution in [3.8, 4) is 11.5 Å². The average Bonchev–Trinajstić information content (AvgIpc) is 2.75. The topological polar surface area (TPSA) is 66.4 Å². The van der Waals surface area contributed by atoms with E-state index in [4.69, 9.17) is 14.5 Å². The van der Waals surface area contributed by atoms with E-state index in [2.05, 4.69) is 5.32 Å². The summed E-state index contributed by atoms with van der Waals surface area (Å²) in [5.74, 6) is 2.25. The lowest BCUT2D eigenvalue weighted by atomic mass is 10.2. The van der Waals surface area contributed by atoms with Crippen LogP contribution in [0.1, 0.15) is 12.5 Å². The lowest BCUT2D eigenvalue weighted by molar-refractivity contribution is -0.130. The molecule has 0 spiro atoms. The number of hydrogen-bond donors (Lipinski definition) is 1. The Balaban J connectivity index is 0.00000480. The van der Waals surface area contributed by atoms with Gasteiger partial charge in [0.25, 0.3) is 5.91 Å². The third kappa shape index (κ3) is 9.91. The number of guanidine groups is 1. The van der Waals surface area contributed by atoms with Crippen LogP contribution in [0.25, 0.3) is 0 Å². The SMILES string of the molecule is CCNC(=NCc1cccc(OCC(=O)N(C)C)c1)N(C)CCOc1ccccc1.I. The van der Waals surface area contributed by atoms with Crippen molar-refractivity contribution < 1.29 is 14.3 Å². The number of halogens is 1. The number of para-hydroxylation sites is 1. The number of carbonyl (C=O) groups is 1. The molecule has 0 aliphatic carbocycles. The van der Waals surface area contributed by atoms with Gasteiger partial charge in [-0.25, -0.2) is 4.99 Å². The van der Waals surface area contributed by atoms with Crippen molar-refractivity contribution >= 4 is 35.8 Å². The standard InChI is InChI=1S/C23H32N4O3.HI/c1-5-24-23(27(4)14-15-29-20-11-7-6-8-12-20)25-17-19-10-9-13-21(16-19)30-18-22(28)26(2)3;/h6-13,16H,5,14-15,17-18H2,1-4H3,(H,24,25);1H. The van der Waals surface area contributed by atoms with Gasteiger partial charge in [0.2, 0.25) is 0 Å². The molecule has 2 aromatic rings. The third-order valence-electron chi connectivity index (χ3n) is 4.31. The monoisotopic (exact) mass is 540 g/mol. The van der Waals surface area contributed by atoms with Gasteiger partial charge in [-0.1, -0.05) is 30.3 Å². The molecule has 7 nitrogen and oxygen atoms in total. The van der Waals surface area contributed by atoms with Crippen molar-refractivity contribution in [2.45, 2.75) is 13.5 Å². The van der Waals surface area contributed by atoms with Crippen molar-refractivity contribution in [3.05, 3.63) is 60.2 Å². The van der Waals surface area contributed by atoms with Crippen LogP contribution in [0.5, 0.6) is 11.5 Å². The average molecular weight is 540 g/mol. The van der Waals surface area contributed by atoms with Crippen LogP contribution in [0.4, 0.5) is 0 Å². The van der Waals surface area contributed by atoms with Gasteiger partial charge >= 0.3 is 0 Å². The molecule has 1 N–H and O–H groups in total. The Morgan fingerprint density at radius 3 is 2.39 bits per heavy atom. The van der Waals surface area contributed by atoms with Crippen LogP contribution in [-0.4, -0.2) is 69.1 Å². The van der Waals surface area contributed by atoms with Gasteiger partial charge in [-0.05, 0) is 36.8 Å². The van der Waals surface area contributed by atoms with Crippen LogP contribution < -0.4 is 14.8 Å². The minimum atomic E-state index is -0.0767. The Morgan fingerprint density at radius 2 is 1.71 bits per heavy atom. The highest BCUT2D eigenvalue weighted by molar-refractivity contribution is 14.0. The van der Waals surface area contributed by atoms with E-state index in [1.807, 2.05) is 73.5 Å². The van der Waals surface area contributed by atoms with E-state index in [-0.39, 0.29) is 36.5 Å². The van der Waals surface area contributed by atoms with Crippen LogP contribution in [0, 0.1) is 0 Å². The number of amides is 1. The zero-order valence-electron chi connectivity index (χ0n) is 18.7. The number of rotatable bonds is 10. The van der Waals surface area contributed by atoms with Gasteiger partial charge in [-0.15, -0.1) is 24.0 Å². The summed E-state index contributed by atoms with van der Waals surface area (Å²) in [6.45, 7) is 4.61. The summed E-state index contributed by atoms with van der Waals surface area (Å²) in [6, 6.07) is 17.4. The second kappa shape index (κ2) is 14.5. The van der Waals surface area contributed by atoms with Crippen molar-refractivity contribution in [2.75, 3.05) is 47.4 Å². The van der Waals surface area contributed by atoms with E-state index in [1.165, 1.54) is 4.90 Å². The highest BCUT2D eigenvalue weighted by Gasteiger charge is 2.07. The smallest absolute Gasteiger partial charge is 0.259 e.